The molecule has 4 nitrogen and oxygen atoms in total. The molecule has 1 N–H and O–H groups in total. The lowest BCUT2D eigenvalue weighted by Crippen LogP contribution is -2.21. The molecule has 2 aliphatic rings. The molecular formula is C20H32N2O2. The van der Waals surface area contributed by atoms with Crippen LogP contribution in [0.1, 0.15) is 71.1 Å². The lowest BCUT2D eigenvalue weighted by atomic mass is 9.87. The molecule has 1 saturated carbocycles. The Morgan fingerprint density at radius 2 is 1.83 bits per heavy atom. The summed E-state index contributed by atoms with van der Waals surface area (Å²) in [6.07, 6.45) is 19.6. The van der Waals surface area contributed by atoms with Crippen LogP contribution in [0.3, 0.4) is 0 Å². The third kappa shape index (κ3) is 5.88. The van der Waals surface area contributed by atoms with Crippen molar-refractivity contribution in [3.63, 3.8) is 0 Å². The number of fused-ring (bicyclic) bond motifs is 2. The quantitative estimate of drug-likeness (QED) is 0.376. The summed E-state index contributed by atoms with van der Waals surface area (Å²) in [5.74, 6) is 0.415. The highest BCUT2D eigenvalue weighted by molar-refractivity contribution is 5.66. The molecule has 0 spiro atoms. The minimum Gasteiger partial charge on any atom is -0.481 e. The molecule has 2 bridgehead atoms. The fourth-order valence-electron chi connectivity index (χ4n) is 3.82. The Hall–Kier alpha value is -1.45. The van der Waals surface area contributed by atoms with Crippen LogP contribution < -0.4 is 0 Å². The first kappa shape index (κ1) is 18.9. The largest absolute Gasteiger partial charge is 0.481 e. The van der Waals surface area contributed by atoms with Gasteiger partial charge in [-0.05, 0) is 44.4 Å². The van der Waals surface area contributed by atoms with Crippen LogP contribution in [0.15, 0.2) is 34.5 Å². The standard InChI is InChI=1S/C20H32N2O2/c1-2-3-4-5-6-9-12-16-17(19-15-18(16)21-22-19)13-10-7-8-11-14-20(23)24/h7,9-10,12,16-19H,2-6,8,11,13-15H2,1H3,(H,23,24). The van der Waals surface area contributed by atoms with Gasteiger partial charge in [0.1, 0.15) is 0 Å². The molecule has 0 aromatic rings. The van der Waals surface area contributed by atoms with Crippen molar-refractivity contribution in [3.05, 3.63) is 24.3 Å². The van der Waals surface area contributed by atoms with Crippen molar-refractivity contribution in [2.24, 2.45) is 22.1 Å². The Morgan fingerprint density at radius 3 is 2.62 bits per heavy atom. The van der Waals surface area contributed by atoms with Gasteiger partial charge in [-0.15, -0.1) is 0 Å². The van der Waals surface area contributed by atoms with E-state index in [9.17, 15) is 4.79 Å². The first-order valence-corrected chi connectivity index (χ1v) is 9.65. The predicted molar refractivity (Wildman–Crippen MR) is 97.2 cm³/mol. The van der Waals surface area contributed by atoms with Crippen molar-refractivity contribution in [2.75, 3.05) is 0 Å². The third-order valence-corrected chi connectivity index (χ3v) is 5.20. The van der Waals surface area contributed by atoms with Crippen molar-refractivity contribution in [2.45, 2.75) is 83.2 Å². The number of azo groups is 1. The second-order valence-electron chi connectivity index (χ2n) is 7.11. The van der Waals surface area contributed by atoms with Gasteiger partial charge in [0.05, 0.1) is 12.1 Å². The van der Waals surface area contributed by atoms with Gasteiger partial charge in [0, 0.05) is 12.3 Å². The Kier molecular flexibility index (Phi) is 8.20. The van der Waals surface area contributed by atoms with Crippen LogP contribution in [-0.2, 0) is 4.79 Å². The number of carbonyl (C=O) groups is 1. The molecule has 0 aromatic carbocycles. The van der Waals surface area contributed by atoms with E-state index in [1.54, 1.807) is 0 Å². The summed E-state index contributed by atoms with van der Waals surface area (Å²) >= 11 is 0. The number of carboxylic acid groups (broad SMARTS) is 1. The first-order chi connectivity index (χ1) is 11.7. The summed E-state index contributed by atoms with van der Waals surface area (Å²) in [6.45, 7) is 2.25. The van der Waals surface area contributed by atoms with Crippen LogP contribution in [0.4, 0.5) is 0 Å². The van der Waals surface area contributed by atoms with E-state index in [0.29, 0.717) is 23.9 Å². The topological polar surface area (TPSA) is 62.0 Å². The van der Waals surface area contributed by atoms with E-state index in [4.69, 9.17) is 5.11 Å². The maximum Gasteiger partial charge on any atom is 0.303 e. The van der Waals surface area contributed by atoms with Crippen LogP contribution in [0.2, 0.25) is 0 Å². The number of hydrogen-bond acceptors (Lipinski definition) is 3. The smallest absolute Gasteiger partial charge is 0.303 e. The van der Waals surface area contributed by atoms with Crippen molar-refractivity contribution in [3.8, 4) is 0 Å². The summed E-state index contributed by atoms with van der Waals surface area (Å²) in [7, 11) is 0. The highest BCUT2D eigenvalue weighted by Crippen LogP contribution is 2.44. The number of allylic oxidation sites excluding steroid dienone is 3. The predicted octanol–water partition coefficient (Wildman–Crippen LogP) is 5.55. The number of nitrogens with zero attached hydrogens (tertiary/aromatic N) is 2. The van der Waals surface area contributed by atoms with E-state index >= 15 is 0 Å². The van der Waals surface area contributed by atoms with E-state index in [-0.39, 0.29) is 6.42 Å². The van der Waals surface area contributed by atoms with Gasteiger partial charge in [0.2, 0.25) is 0 Å². The average Bonchev–Trinajstić information content (AvgIpc) is 3.15. The average molecular weight is 332 g/mol. The number of aliphatic carboxylic acids is 1. The summed E-state index contributed by atoms with van der Waals surface area (Å²) in [4.78, 5) is 10.5. The monoisotopic (exact) mass is 332 g/mol. The molecule has 4 unspecified atom stereocenters. The van der Waals surface area contributed by atoms with E-state index in [1.165, 1.54) is 32.1 Å². The van der Waals surface area contributed by atoms with Gasteiger partial charge in [-0.2, -0.15) is 10.2 Å². The van der Waals surface area contributed by atoms with Crippen LogP contribution in [-0.4, -0.2) is 23.2 Å². The molecule has 4 heteroatoms. The van der Waals surface area contributed by atoms with E-state index in [0.717, 1.165) is 25.7 Å². The molecule has 1 aliphatic carbocycles. The fourth-order valence-corrected chi connectivity index (χ4v) is 3.82. The van der Waals surface area contributed by atoms with E-state index < -0.39 is 5.97 Å². The molecule has 0 radical (unpaired) electrons. The van der Waals surface area contributed by atoms with Crippen molar-refractivity contribution < 1.29 is 9.90 Å². The summed E-state index contributed by atoms with van der Waals surface area (Å²) in [5.41, 5.74) is 0. The molecule has 0 aromatic heterocycles. The Morgan fingerprint density at radius 1 is 1.04 bits per heavy atom. The lowest BCUT2D eigenvalue weighted by molar-refractivity contribution is -0.137. The summed E-state index contributed by atoms with van der Waals surface area (Å²) in [5, 5.41) is 17.5. The molecule has 134 valence electrons. The van der Waals surface area contributed by atoms with Gasteiger partial charge < -0.3 is 5.11 Å². The van der Waals surface area contributed by atoms with Crippen molar-refractivity contribution in [1.82, 2.24) is 0 Å². The van der Waals surface area contributed by atoms with Gasteiger partial charge in [-0.3, -0.25) is 4.79 Å². The molecule has 0 saturated heterocycles. The van der Waals surface area contributed by atoms with Crippen molar-refractivity contribution in [1.29, 1.82) is 0 Å². The van der Waals surface area contributed by atoms with Gasteiger partial charge in [0.15, 0.2) is 0 Å². The zero-order valence-electron chi connectivity index (χ0n) is 14.9. The second-order valence-corrected chi connectivity index (χ2v) is 7.11. The van der Waals surface area contributed by atoms with Crippen LogP contribution >= 0.6 is 0 Å². The third-order valence-electron chi connectivity index (χ3n) is 5.20. The Labute approximate surface area is 146 Å². The van der Waals surface area contributed by atoms with Crippen molar-refractivity contribution >= 4 is 5.97 Å². The second kappa shape index (κ2) is 10.4. The zero-order valence-corrected chi connectivity index (χ0v) is 14.9. The molecule has 0 amide bonds. The summed E-state index contributed by atoms with van der Waals surface area (Å²) in [6, 6.07) is 0.792. The minimum atomic E-state index is -0.707. The molecule has 24 heavy (non-hydrogen) atoms. The van der Waals surface area contributed by atoms with E-state index in [1.807, 2.05) is 0 Å². The van der Waals surface area contributed by atoms with Crippen LogP contribution in [0.5, 0.6) is 0 Å². The number of rotatable bonds is 12. The molecular weight excluding hydrogens is 300 g/mol. The Balaban J connectivity index is 1.73. The molecule has 4 atom stereocenters. The maximum atomic E-state index is 10.5. The Bertz CT molecular complexity index is 470. The lowest BCUT2D eigenvalue weighted by Gasteiger charge is -2.22. The number of unbranched alkanes of at least 4 members (excludes halogenated alkanes) is 5. The SMILES string of the molecule is CCCCCCC=CC1C2CC(N=N2)C1CC=CCCCC(=O)O. The van der Waals surface area contributed by atoms with E-state index in [2.05, 4.69) is 41.5 Å². The van der Waals surface area contributed by atoms with Crippen LogP contribution in [0.25, 0.3) is 0 Å². The highest BCUT2D eigenvalue weighted by atomic mass is 16.4. The number of hydrogen-bond donors (Lipinski definition) is 1. The maximum absolute atomic E-state index is 10.5. The molecule has 1 fully saturated rings. The summed E-state index contributed by atoms with van der Waals surface area (Å²) < 4.78 is 0. The van der Waals surface area contributed by atoms with Gasteiger partial charge in [-0.1, -0.05) is 50.5 Å². The van der Waals surface area contributed by atoms with Gasteiger partial charge in [0.25, 0.3) is 0 Å². The fraction of sp³-hybridized carbons (Fsp3) is 0.750. The van der Waals surface area contributed by atoms with Gasteiger partial charge >= 0.3 is 5.97 Å². The minimum absolute atomic E-state index is 0.260. The first-order valence-electron chi connectivity index (χ1n) is 9.65. The zero-order chi connectivity index (χ0) is 17.2. The molecule has 2 rings (SSSR count). The molecule has 1 aliphatic heterocycles. The molecule has 1 heterocycles. The van der Waals surface area contributed by atoms with Gasteiger partial charge in [-0.25, -0.2) is 0 Å². The normalized spacial score (nSPS) is 28.5. The highest BCUT2D eigenvalue weighted by Gasteiger charge is 2.45. The number of carboxylic acids is 1. The van der Waals surface area contributed by atoms with Crippen LogP contribution in [0, 0.1) is 11.8 Å².